The Kier molecular flexibility index (Phi) is 3.76. The molecule has 0 aliphatic rings. The summed E-state index contributed by atoms with van der Waals surface area (Å²) in [5.41, 5.74) is 2.05. The van der Waals surface area contributed by atoms with Crippen LogP contribution in [0.5, 0.6) is 0 Å². The van der Waals surface area contributed by atoms with Crippen LogP contribution in [0.15, 0.2) is 12.3 Å². The smallest absolute Gasteiger partial charge is 0.228 e. The van der Waals surface area contributed by atoms with Crippen molar-refractivity contribution < 1.29 is 4.79 Å². The normalized spacial score (nSPS) is 10.6. The molecule has 2 aromatic heterocycles. The van der Waals surface area contributed by atoms with Gasteiger partial charge in [-0.2, -0.15) is 5.10 Å². The lowest BCUT2D eigenvalue weighted by molar-refractivity contribution is -0.116. The van der Waals surface area contributed by atoms with Gasteiger partial charge in [0.05, 0.1) is 5.69 Å². The molecule has 18 heavy (non-hydrogen) atoms. The predicted octanol–water partition coefficient (Wildman–Crippen LogP) is 2.29. The molecule has 96 valence electrons. The minimum absolute atomic E-state index is 0.0306. The number of rotatable bonds is 4. The highest BCUT2D eigenvalue weighted by atomic mass is 32.1. The fourth-order valence-corrected chi connectivity index (χ4v) is 2.38. The number of hydrogen-bond donors (Lipinski definition) is 1. The Morgan fingerprint density at radius 2 is 2.22 bits per heavy atom. The predicted molar refractivity (Wildman–Crippen MR) is 71.8 cm³/mol. The Bertz CT molecular complexity index is 558. The summed E-state index contributed by atoms with van der Waals surface area (Å²) in [5.74, 6) is -0.0306. The third-order valence-electron chi connectivity index (χ3n) is 2.52. The Labute approximate surface area is 110 Å². The second-order valence-electron chi connectivity index (χ2n) is 4.22. The van der Waals surface area contributed by atoms with E-state index in [4.69, 9.17) is 0 Å². The largest absolute Gasteiger partial charge is 0.302 e. The number of aryl methyl sites for hydroxylation is 4. The molecule has 5 nitrogen and oxygen atoms in total. The second kappa shape index (κ2) is 5.30. The first-order chi connectivity index (χ1) is 8.54. The molecule has 0 fully saturated rings. The molecule has 0 unspecified atom stereocenters. The molecule has 0 aliphatic heterocycles. The van der Waals surface area contributed by atoms with Crippen molar-refractivity contribution in [2.45, 2.75) is 33.7 Å². The summed E-state index contributed by atoms with van der Waals surface area (Å²) >= 11 is 1.48. The average Bonchev–Trinajstić information content (AvgIpc) is 2.82. The van der Waals surface area contributed by atoms with Crippen LogP contribution < -0.4 is 5.32 Å². The molecule has 0 aromatic carbocycles. The fourth-order valence-electron chi connectivity index (χ4n) is 1.70. The maximum absolute atomic E-state index is 11.7. The van der Waals surface area contributed by atoms with Crippen LogP contribution >= 0.6 is 11.3 Å². The van der Waals surface area contributed by atoms with E-state index in [1.54, 1.807) is 6.20 Å². The first kappa shape index (κ1) is 12.8. The summed E-state index contributed by atoms with van der Waals surface area (Å²) in [6, 6.07) is 2.00. The molecule has 0 spiro atoms. The van der Waals surface area contributed by atoms with Gasteiger partial charge in [0.1, 0.15) is 0 Å². The Morgan fingerprint density at radius 1 is 1.44 bits per heavy atom. The van der Waals surface area contributed by atoms with Gasteiger partial charge in [-0.1, -0.05) is 0 Å². The molecule has 1 N–H and O–H groups in total. The molecule has 0 saturated heterocycles. The summed E-state index contributed by atoms with van der Waals surface area (Å²) in [6.45, 7) is 6.49. The van der Waals surface area contributed by atoms with Crippen LogP contribution in [0.25, 0.3) is 0 Å². The van der Waals surface area contributed by atoms with Crippen molar-refractivity contribution >= 4 is 22.4 Å². The van der Waals surface area contributed by atoms with Gasteiger partial charge in [0.25, 0.3) is 0 Å². The van der Waals surface area contributed by atoms with Crippen LogP contribution in [0.1, 0.15) is 22.7 Å². The highest BCUT2D eigenvalue weighted by Gasteiger charge is 2.07. The zero-order valence-corrected chi connectivity index (χ0v) is 11.5. The van der Waals surface area contributed by atoms with E-state index in [0.29, 0.717) is 18.1 Å². The average molecular weight is 264 g/mol. The number of carbonyl (C=O) groups is 1. The van der Waals surface area contributed by atoms with E-state index in [9.17, 15) is 4.79 Å². The molecule has 1 amide bonds. The number of nitrogens with zero attached hydrogens (tertiary/aromatic N) is 3. The highest BCUT2D eigenvalue weighted by molar-refractivity contribution is 7.15. The Morgan fingerprint density at radius 3 is 2.78 bits per heavy atom. The third-order valence-corrected chi connectivity index (χ3v) is 3.35. The zero-order valence-electron chi connectivity index (χ0n) is 10.7. The van der Waals surface area contributed by atoms with Crippen molar-refractivity contribution in [3.8, 4) is 0 Å². The lowest BCUT2D eigenvalue weighted by atomic mass is 10.3. The maximum Gasteiger partial charge on any atom is 0.228 e. The number of amides is 1. The van der Waals surface area contributed by atoms with Crippen LogP contribution in [0.2, 0.25) is 0 Å². The van der Waals surface area contributed by atoms with Crippen molar-refractivity contribution in [1.82, 2.24) is 14.8 Å². The van der Waals surface area contributed by atoms with Crippen LogP contribution in [-0.2, 0) is 11.3 Å². The third kappa shape index (κ3) is 3.16. The standard InChI is InChI=1S/C12H16N4OS/c1-8-6-9(2)16(15-8)5-4-11(17)14-12-13-7-10(3)18-12/h6-7H,4-5H2,1-3H3,(H,13,14,17). The Balaban J connectivity index is 1.87. The number of carbonyl (C=O) groups excluding carboxylic acids is 1. The number of thiazole rings is 1. The minimum atomic E-state index is -0.0306. The van der Waals surface area contributed by atoms with Crippen molar-refractivity contribution in [2.24, 2.45) is 0 Å². The SMILES string of the molecule is Cc1cc(C)n(CCC(=O)Nc2ncc(C)s2)n1. The molecular weight excluding hydrogens is 248 g/mol. The molecule has 2 heterocycles. The van der Waals surface area contributed by atoms with Gasteiger partial charge in [0, 0.05) is 29.7 Å². The highest BCUT2D eigenvalue weighted by Crippen LogP contribution is 2.16. The molecule has 0 radical (unpaired) electrons. The van der Waals surface area contributed by atoms with Gasteiger partial charge in [-0.3, -0.25) is 9.48 Å². The number of aromatic nitrogens is 3. The van der Waals surface area contributed by atoms with E-state index in [0.717, 1.165) is 16.3 Å². The molecule has 0 aliphatic carbocycles. The second-order valence-corrected chi connectivity index (χ2v) is 5.46. The van der Waals surface area contributed by atoms with Crippen molar-refractivity contribution in [3.63, 3.8) is 0 Å². The van der Waals surface area contributed by atoms with Gasteiger partial charge >= 0.3 is 0 Å². The first-order valence-electron chi connectivity index (χ1n) is 5.78. The molecular formula is C12H16N4OS. The van der Waals surface area contributed by atoms with Crippen molar-refractivity contribution in [1.29, 1.82) is 0 Å². The van der Waals surface area contributed by atoms with Crippen molar-refractivity contribution in [2.75, 3.05) is 5.32 Å². The molecule has 2 rings (SSSR count). The van der Waals surface area contributed by atoms with Crippen molar-refractivity contribution in [3.05, 3.63) is 28.5 Å². The van der Waals surface area contributed by atoms with Gasteiger partial charge in [-0.15, -0.1) is 11.3 Å². The first-order valence-corrected chi connectivity index (χ1v) is 6.59. The van der Waals surface area contributed by atoms with Gasteiger partial charge in [0.2, 0.25) is 5.91 Å². The monoisotopic (exact) mass is 264 g/mol. The lowest BCUT2D eigenvalue weighted by Crippen LogP contribution is -2.15. The van der Waals surface area contributed by atoms with Gasteiger partial charge in [-0.25, -0.2) is 4.98 Å². The van der Waals surface area contributed by atoms with Crippen LogP contribution in [0.3, 0.4) is 0 Å². The summed E-state index contributed by atoms with van der Waals surface area (Å²) in [4.78, 5) is 16.9. The van der Waals surface area contributed by atoms with Crippen LogP contribution in [0, 0.1) is 20.8 Å². The van der Waals surface area contributed by atoms with Crippen LogP contribution in [0.4, 0.5) is 5.13 Å². The lowest BCUT2D eigenvalue weighted by Gasteiger charge is -2.04. The zero-order chi connectivity index (χ0) is 13.1. The maximum atomic E-state index is 11.7. The fraction of sp³-hybridized carbons (Fsp3) is 0.417. The molecule has 2 aromatic rings. The minimum Gasteiger partial charge on any atom is -0.302 e. The quantitative estimate of drug-likeness (QED) is 0.921. The molecule has 0 saturated carbocycles. The topological polar surface area (TPSA) is 59.8 Å². The summed E-state index contributed by atoms with van der Waals surface area (Å²) in [6.07, 6.45) is 2.15. The molecule has 0 atom stereocenters. The van der Waals surface area contributed by atoms with E-state index in [1.165, 1.54) is 11.3 Å². The van der Waals surface area contributed by atoms with E-state index in [-0.39, 0.29) is 5.91 Å². The van der Waals surface area contributed by atoms with E-state index in [2.05, 4.69) is 15.4 Å². The van der Waals surface area contributed by atoms with E-state index in [1.807, 2.05) is 31.5 Å². The molecule has 0 bridgehead atoms. The van der Waals surface area contributed by atoms with Crippen LogP contribution in [-0.4, -0.2) is 20.7 Å². The van der Waals surface area contributed by atoms with Gasteiger partial charge in [-0.05, 0) is 26.8 Å². The van der Waals surface area contributed by atoms with E-state index < -0.39 is 0 Å². The number of anilines is 1. The number of hydrogen-bond acceptors (Lipinski definition) is 4. The van der Waals surface area contributed by atoms with E-state index >= 15 is 0 Å². The van der Waals surface area contributed by atoms with Gasteiger partial charge in [0.15, 0.2) is 5.13 Å². The summed E-state index contributed by atoms with van der Waals surface area (Å²) in [5, 5.41) is 7.76. The van der Waals surface area contributed by atoms with Gasteiger partial charge < -0.3 is 5.32 Å². The number of nitrogens with one attached hydrogen (secondary N) is 1. The summed E-state index contributed by atoms with van der Waals surface area (Å²) < 4.78 is 1.85. The molecule has 6 heteroatoms. The Hall–Kier alpha value is -1.69. The summed E-state index contributed by atoms with van der Waals surface area (Å²) in [7, 11) is 0.